The average Bonchev–Trinajstić information content (AvgIpc) is 3.41. The molecule has 1 saturated heterocycles. The van der Waals surface area contributed by atoms with Gasteiger partial charge in [-0.3, -0.25) is 9.48 Å². The molecule has 5 heteroatoms. The monoisotopic (exact) mass is 477 g/mol. The van der Waals surface area contributed by atoms with Gasteiger partial charge in [-0.15, -0.1) is 0 Å². The molecular formula is C30H43N3O2. The molecule has 3 unspecified atom stereocenters. The minimum absolute atomic E-state index is 0.0957. The summed E-state index contributed by atoms with van der Waals surface area (Å²) < 4.78 is 2.23. The van der Waals surface area contributed by atoms with Crippen molar-refractivity contribution < 1.29 is 9.90 Å². The molecule has 3 aliphatic rings. The van der Waals surface area contributed by atoms with Crippen molar-refractivity contribution in [1.82, 2.24) is 14.7 Å². The summed E-state index contributed by atoms with van der Waals surface area (Å²) in [6.07, 6.45) is 10.2. The van der Waals surface area contributed by atoms with Crippen molar-refractivity contribution in [3.8, 4) is 0 Å². The highest BCUT2D eigenvalue weighted by molar-refractivity contribution is 5.70. The second-order valence-electron chi connectivity index (χ2n) is 11.7. The van der Waals surface area contributed by atoms with Crippen LogP contribution in [0.4, 0.5) is 0 Å². The van der Waals surface area contributed by atoms with Crippen molar-refractivity contribution in [1.29, 1.82) is 0 Å². The molecule has 3 atom stereocenters. The molecule has 2 saturated carbocycles. The molecule has 2 aliphatic carbocycles. The summed E-state index contributed by atoms with van der Waals surface area (Å²) >= 11 is 0. The number of piperidine rings is 1. The highest BCUT2D eigenvalue weighted by atomic mass is 16.4. The number of aliphatic carboxylic acids is 1. The lowest BCUT2D eigenvalue weighted by atomic mass is 9.85. The molecule has 190 valence electrons. The van der Waals surface area contributed by atoms with E-state index in [-0.39, 0.29) is 5.92 Å². The predicted molar refractivity (Wildman–Crippen MR) is 140 cm³/mol. The smallest absolute Gasteiger partial charge is 0.306 e. The first-order chi connectivity index (χ1) is 17.0. The number of carboxylic acid groups (broad SMARTS) is 1. The summed E-state index contributed by atoms with van der Waals surface area (Å²) in [4.78, 5) is 14.5. The number of nitrogens with zero attached hydrogens (tertiary/aromatic N) is 3. The van der Waals surface area contributed by atoms with Gasteiger partial charge in [0.1, 0.15) is 0 Å². The first-order valence-electron chi connectivity index (χ1n) is 14.1. The molecule has 1 N–H and O–H groups in total. The Labute approximate surface area is 210 Å². The van der Waals surface area contributed by atoms with E-state index in [2.05, 4.69) is 53.8 Å². The fraction of sp³-hybridized carbons (Fsp3) is 0.667. The van der Waals surface area contributed by atoms with Crippen molar-refractivity contribution in [3.63, 3.8) is 0 Å². The lowest BCUT2D eigenvalue weighted by molar-refractivity contribution is -0.144. The molecule has 3 fully saturated rings. The van der Waals surface area contributed by atoms with Crippen LogP contribution in [0.15, 0.2) is 30.3 Å². The number of aryl methyl sites for hydroxylation is 2. The zero-order valence-electron chi connectivity index (χ0n) is 21.7. The lowest BCUT2D eigenvalue weighted by Crippen LogP contribution is -2.36. The van der Waals surface area contributed by atoms with Gasteiger partial charge in [0.25, 0.3) is 0 Å². The third-order valence-electron chi connectivity index (χ3n) is 8.94. The first-order valence-corrected chi connectivity index (χ1v) is 14.1. The van der Waals surface area contributed by atoms with Gasteiger partial charge in [-0.2, -0.15) is 5.10 Å². The Kier molecular flexibility index (Phi) is 7.62. The van der Waals surface area contributed by atoms with Crippen LogP contribution in [0.2, 0.25) is 0 Å². The summed E-state index contributed by atoms with van der Waals surface area (Å²) in [5.74, 6) is 1.74. The minimum atomic E-state index is -0.544. The van der Waals surface area contributed by atoms with Crippen molar-refractivity contribution in [2.75, 3.05) is 19.6 Å². The van der Waals surface area contributed by atoms with Crippen LogP contribution in [-0.2, 0) is 17.8 Å². The fourth-order valence-electron chi connectivity index (χ4n) is 6.70. The molecule has 5 rings (SSSR count). The fourth-order valence-corrected chi connectivity index (χ4v) is 6.70. The number of hydrogen-bond acceptors (Lipinski definition) is 3. The molecule has 1 aliphatic heterocycles. The van der Waals surface area contributed by atoms with Crippen molar-refractivity contribution >= 4 is 5.97 Å². The average molecular weight is 478 g/mol. The van der Waals surface area contributed by atoms with Crippen LogP contribution in [0.5, 0.6) is 0 Å². The molecule has 5 nitrogen and oxygen atoms in total. The molecular weight excluding hydrogens is 434 g/mol. The molecule has 0 amide bonds. The molecule has 0 spiro atoms. The number of aromatic nitrogens is 2. The highest BCUT2D eigenvalue weighted by Crippen LogP contribution is 2.44. The Morgan fingerprint density at radius 2 is 1.77 bits per heavy atom. The zero-order chi connectivity index (χ0) is 24.4. The number of benzene rings is 1. The maximum absolute atomic E-state index is 11.9. The van der Waals surface area contributed by atoms with Crippen LogP contribution in [0.25, 0.3) is 0 Å². The van der Waals surface area contributed by atoms with Crippen molar-refractivity contribution in [3.05, 3.63) is 52.8 Å². The Hall–Kier alpha value is -2.14. The molecule has 2 heterocycles. The maximum Gasteiger partial charge on any atom is 0.306 e. The molecule has 2 aromatic rings. The molecule has 1 aromatic heterocycles. The molecule has 1 aromatic carbocycles. The Morgan fingerprint density at radius 3 is 2.43 bits per heavy atom. The van der Waals surface area contributed by atoms with Gasteiger partial charge >= 0.3 is 5.97 Å². The summed E-state index contributed by atoms with van der Waals surface area (Å²) in [5.41, 5.74) is 5.23. The maximum atomic E-state index is 11.9. The van der Waals surface area contributed by atoms with E-state index in [0.29, 0.717) is 23.7 Å². The topological polar surface area (TPSA) is 58.4 Å². The van der Waals surface area contributed by atoms with Gasteiger partial charge in [-0.1, -0.05) is 42.7 Å². The summed E-state index contributed by atoms with van der Waals surface area (Å²) in [6.45, 7) is 8.72. The molecule has 0 radical (unpaired) electrons. The number of hydrogen-bond donors (Lipinski definition) is 1. The number of carboxylic acids is 1. The highest BCUT2D eigenvalue weighted by Gasteiger charge is 2.39. The van der Waals surface area contributed by atoms with Crippen LogP contribution in [-0.4, -0.2) is 45.4 Å². The number of likely N-dealkylation sites (tertiary alicyclic amines) is 1. The largest absolute Gasteiger partial charge is 0.481 e. The van der Waals surface area contributed by atoms with E-state index >= 15 is 0 Å². The quantitative estimate of drug-likeness (QED) is 0.463. The van der Waals surface area contributed by atoms with Crippen LogP contribution in [0, 0.1) is 30.6 Å². The van der Waals surface area contributed by atoms with Crippen LogP contribution in [0.1, 0.15) is 86.7 Å². The van der Waals surface area contributed by atoms with Crippen LogP contribution in [0.3, 0.4) is 0 Å². The third kappa shape index (κ3) is 6.17. The third-order valence-corrected chi connectivity index (χ3v) is 8.94. The van der Waals surface area contributed by atoms with Crippen molar-refractivity contribution in [2.24, 2.45) is 23.7 Å². The summed E-state index contributed by atoms with van der Waals surface area (Å²) in [7, 11) is 0. The van der Waals surface area contributed by atoms with E-state index in [1.807, 2.05) is 0 Å². The second kappa shape index (κ2) is 10.9. The molecule has 0 bridgehead atoms. The number of carbonyl (C=O) groups is 1. The van der Waals surface area contributed by atoms with E-state index in [1.165, 1.54) is 54.6 Å². The predicted octanol–water partition coefficient (Wildman–Crippen LogP) is 5.90. The first kappa shape index (κ1) is 24.5. The zero-order valence-corrected chi connectivity index (χ0v) is 21.7. The Morgan fingerprint density at radius 1 is 1.06 bits per heavy atom. The van der Waals surface area contributed by atoms with E-state index in [1.54, 1.807) is 0 Å². The summed E-state index contributed by atoms with van der Waals surface area (Å²) in [6, 6.07) is 11.2. The van der Waals surface area contributed by atoms with Gasteiger partial charge in [-0.05, 0) is 94.8 Å². The number of rotatable bonds is 10. The molecule has 35 heavy (non-hydrogen) atoms. The van der Waals surface area contributed by atoms with Gasteiger partial charge in [-0.25, -0.2) is 0 Å². The summed E-state index contributed by atoms with van der Waals surface area (Å²) in [5, 5.41) is 14.7. The van der Waals surface area contributed by atoms with E-state index in [0.717, 1.165) is 51.9 Å². The Bertz CT molecular complexity index is 986. The van der Waals surface area contributed by atoms with Crippen molar-refractivity contribution in [2.45, 2.75) is 84.1 Å². The van der Waals surface area contributed by atoms with Gasteiger partial charge in [0.05, 0.1) is 11.6 Å². The minimum Gasteiger partial charge on any atom is -0.481 e. The normalized spacial score (nSPS) is 24.6. The van der Waals surface area contributed by atoms with Gasteiger partial charge in [0.2, 0.25) is 0 Å². The standard InChI is InChI=1S/C30H43N3O2/c1-3-33-29(19-27(31-33)17-22-6-4-21(2)5-7-22)25-12-14-32(15-13-25)20-24-10-11-26(16-24)28(30(34)35)18-23-8-9-23/h4-7,19,23-26,28H,3,8-18,20H2,1-2H3,(H,34,35). The Balaban J connectivity index is 1.12. The van der Waals surface area contributed by atoms with E-state index in [4.69, 9.17) is 5.10 Å². The second-order valence-corrected chi connectivity index (χ2v) is 11.7. The van der Waals surface area contributed by atoms with Crippen LogP contribution >= 0.6 is 0 Å². The van der Waals surface area contributed by atoms with Gasteiger partial charge in [0.15, 0.2) is 0 Å². The lowest BCUT2D eigenvalue weighted by Gasteiger charge is -2.33. The van der Waals surface area contributed by atoms with Gasteiger partial charge in [0, 0.05) is 31.1 Å². The van der Waals surface area contributed by atoms with Crippen LogP contribution < -0.4 is 0 Å². The van der Waals surface area contributed by atoms with E-state index < -0.39 is 5.97 Å². The SMILES string of the molecule is CCn1nc(Cc2ccc(C)cc2)cc1C1CCN(CC2CCC(C(CC3CC3)C(=O)O)C2)CC1. The van der Waals surface area contributed by atoms with Gasteiger partial charge < -0.3 is 10.0 Å². The van der Waals surface area contributed by atoms with E-state index in [9.17, 15) is 9.90 Å².